The Morgan fingerprint density at radius 2 is 2.10 bits per heavy atom. The van der Waals surface area contributed by atoms with Crippen LogP contribution in [-0.2, 0) is 4.79 Å². The number of thioether (sulfide) groups is 1. The van der Waals surface area contributed by atoms with Crippen LogP contribution in [0.4, 0.5) is 0 Å². The van der Waals surface area contributed by atoms with Crippen LogP contribution in [0.3, 0.4) is 0 Å². The smallest absolute Gasteiger partial charge is 0.327 e. The molecular formula is C13H13NO5S. The van der Waals surface area contributed by atoms with Gasteiger partial charge >= 0.3 is 5.97 Å². The molecule has 1 unspecified atom stereocenters. The molecule has 1 saturated heterocycles. The van der Waals surface area contributed by atoms with Gasteiger partial charge in [-0.3, -0.25) is 4.79 Å². The number of nitrogens with zero attached hydrogens (tertiary/aromatic N) is 1. The van der Waals surface area contributed by atoms with Crippen LogP contribution in [0.5, 0.6) is 11.5 Å². The van der Waals surface area contributed by atoms with Crippen molar-refractivity contribution in [2.45, 2.75) is 6.04 Å². The van der Waals surface area contributed by atoms with Gasteiger partial charge in [-0.15, -0.1) is 0 Å². The number of fused-ring (bicyclic) bond motifs is 1. The van der Waals surface area contributed by atoms with Gasteiger partial charge in [0.05, 0.1) is 0 Å². The summed E-state index contributed by atoms with van der Waals surface area (Å²) in [6.07, 6.45) is 0. The van der Waals surface area contributed by atoms with E-state index in [0.717, 1.165) is 5.75 Å². The van der Waals surface area contributed by atoms with Gasteiger partial charge in [0.1, 0.15) is 6.04 Å². The van der Waals surface area contributed by atoms with E-state index in [1.807, 2.05) is 0 Å². The number of carboxylic acid groups (broad SMARTS) is 1. The van der Waals surface area contributed by atoms with Crippen LogP contribution in [0.15, 0.2) is 18.2 Å². The van der Waals surface area contributed by atoms with Crippen molar-refractivity contribution in [3.8, 4) is 11.5 Å². The van der Waals surface area contributed by atoms with Gasteiger partial charge in [0.2, 0.25) is 6.79 Å². The zero-order chi connectivity index (χ0) is 14.1. The number of carbonyl (C=O) groups excluding carboxylic acids is 1. The fourth-order valence-electron chi connectivity index (χ4n) is 2.25. The van der Waals surface area contributed by atoms with Gasteiger partial charge in [-0.05, 0) is 18.2 Å². The van der Waals surface area contributed by atoms with E-state index in [-0.39, 0.29) is 12.7 Å². The molecule has 2 aliphatic heterocycles. The Kier molecular flexibility index (Phi) is 3.43. The lowest BCUT2D eigenvalue weighted by molar-refractivity contribution is -0.141. The van der Waals surface area contributed by atoms with E-state index in [2.05, 4.69) is 0 Å². The van der Waals surface area contributed by atoms with Crippen molar-refractivity contribution < 1.29 is 24.2 Å². The third-order valence-electron chi connectivity index (χ3n) is 3.29. The molecule has 6 nitrogen and oxygen atoms in total. The third-order valence-corrected chi connectivity index (χ3v) is 4.32. The fourth-order valence-corrected chi connectivity index (χ4v) is 3.28. The predicted molar refractivity (Wildman–Crippen MR) is 72.4 cm³/mol. The maximum atomic E-state index is 12.5. The monoisotopic (exact) mass is 295 g/mol. The highest BCUT2D eigenvalue weighted by molar-refractivity contribution is 7.99. The van der Waals surface area contributed by atoms with E-state index < -0.39 is 12.0 Å². The molecule has 3 rings (SSSR count). The quantitative estimate of drug-likeness (QED) is 0.879. The van der Waals surface area contributed by atoms with Crippen molar-refractivity contribution in [1.29, 1.82) is 0 Å². The van der Waals surface area contributed by atoms with Crippen LogP contribution in [0, 0.1) is 0 Å². The van der Waals surface area contributed by atoms with Gasteiger partial charge in [0, 0.05) is 23.6 Å². The number of rotatable bonds is 2. The van der Waals surface area contributed by atoms with E-state index in [1.165, 1.54) is 4.90 Å². The van der Waals surface area contributed by atoms with Crippen molar-refractivity contribution in [1.82, 2.24) is 4.90 Å². The number of aliphatic carboxylic acids is 1. The fraction of sp³-hybridized carbons (Fsp3) is 0.385. The van der Waals surface area contributed by atoms with Crippen molar-refractivity contribution >= 4 is 23.6 Å². The van der Waals surface area contributed by atoms with Crippen LogP contribution >= 0.6 is 11.8 Å². The molecule has 1 aromatic rings. The molecule has 106 valence electrons. The second-order valence-electron chi connectivity index (χ2n) is 4.50. The SMILES string of the molecule is O=C(O)C1CSCCN1C(=O)c1ccc2c(c1)OCO2. The first-order chi connectivity index (χ1) is 9.66. The second kappa shape index (κ2) is 5.24. The molecule has 0 spiro atoms. The second-order valence-corrected chi connectivity index (χ2v) is 5.65. The molecule has 1 amide bonds. The summed E-state index contributed by atoms with van der Waals surface area (Å²) in [4.78, 5) is 25.1. The Labute approximate surface area is 119 Å². The van der Waals surface area contributed by atoms with E-state index in [1.54, 1.807) is 30.0 Å². The highest BCUT2D eigenvalue weighted by Crippen LogP contribution is 2.33. The molecule has 0 radical (unpaired) electrons. The predicted octanol–water partition coefficient (Wildman–Crippen LogP) is 1.06. The van der Waals surface area contributed by atoms with Crippen molar-refractivity contribution in [2.75, 3.05) is 24.8 Å². The lowest BCUT2D eigenvalue weighted by Crippen LogP contribution is -2.50. The minimum Gasteiger partial charge on any atom is -0.480 e. The third kappa shape index (κ3) is 2.29. The molecule has 2 heterocycles. The first-order valence-corrected chi connectivity index (χ1v) is 7.33. The Bertz CT molecular complexity index is 562. The number of amides is 1. The standard InChI is InChI=1S/C13H13NO5S/c15-12(14-3-4-20-6-9(14)13(16)17)8-1-2-10-11(5-8)19-7-18-10/h1-2,5,9H,3-4,6-7H2,(H,16,17). The summed E-state index contributed by atoms with van der Waals surface area (Å²) in [6.45, 7) is 0.583. The van der Waals surface area contributed by atoms with Crippen molar-refractivity contribution in [3.63, 3.8) is 0 Å². The zero-order valence-electron chi connectivity index (χ0n) is 10.6. The molecule has 7 heteroatoms. The first-order valence-electron chi connectivity index (χ1n) is 6.18. The zero-order valence-corrected chi connectivity index (χ0v) is 11.4. The largest absolute Gasteiger partial charge is 0.480 e. The molecule has 1 N–H and O–H groups in total. The maximum Gasteiger partial charge on any atom is 0.327 e. The molecule has 2 aliphatic rings. The number of hydrogen-bond donors (Lipinski definition) is 1. The topological polar surface area (TPSA) is 76.1 Å². The van der Waals surface area contributed by atoms with E-state index >= 15 is 0 Å². The van der Waals surface area contributed by atoms with Gasteiger partial charge in [0.15, 0.2) is 11.5 Å². The van der Waals surface area contributed by atoms with Gasteiger partial charge in [0.25, 0.3) is 5.91 Å². The number of hydrogen-bond acceptors (Lipinski definition) is 5. The summed E-state index contributed by atoms with van der Waals surface area (Å²) in [6, 6.07) is 4.14. The summed E-state index contributed by atoms with van der Waals surface area (Å²) >= 11 is 1.55. The van der Waals surface area contributed by atoms with Crippen LogP contribution < -0.4 is 9.47 Å². The minimum absolute atomic E-state index is 0.144. The number of benzene rings is 1. The molecule has 1 atom stereocenters. The molecule has 0 bridgehead atoms. The summed E-state index contributed by atoms with van der Waals surface area (Å²) in [5, 5.41) is 9.21. The Hall–Kier alpha value is -1.89. The van der Waals surface area contributed by atoms with E-state index in [0.29, 0.717) is 29.4 Å². The number of carboxylic acids is 1. The summed E-state index contributed by atoms with van der Waals surface area (Å²) in [5.41, 5.74) is 0.424. The van der Waals surface area contributed by atoms with Crippen molar-refractivity contribution in [2.24, 2.45) is 0 Å². The Morgan fingerprint density at radius 1 is 1.30 bits per heavy atom. The minimum atomic E-state index is -0.966. The molecule has 0 saturated carbocycles. The van der Waals surface area contributed by atoms with Gasteiger partial charge in [-0.25, -0.2) is 4.79 Å². The number of carbonyl (C=O) groups is 2. The Morgan fingerprint density at radius 3 is 2.90 bits per heavy atom. The highest BCUT2D eigenvalue weighted by atomic mass is 32.2. The number of ether oxygens (including phenoxy) is 2. The Balaban J connectivity index is 1.85. The van der Waals surface area contributed by atoms with E-state index in [4.69, 9.17) is 9.47 Å². The summed E-state index contributed by atoms with van der Waals surface area (Å²) < 4.78 is 10.4. The van der Waals surface area contributed by atoms with Crippen LogP contribution in [-0.4, -0.2) is 52.8 Å². The van der Waals surface area contributed by atoms with E-state index in [9.17, 15) is 14.7 Å². The normalized spacial score (nSPS) is 20.8. The average Bonchev–Trinajstić information content (AvgIpc) is 2.93. The molecule has 20 heavy (non-hydrogen) atoms. The summed E-state index contributed by atoms with van der Waals surface area (Å²) in [5.74, 6) is 1.05. The molecule has 0 aromatic heterocycles. The molecule has 0 aliphatic carbocycles. The highest BCUT2D eigenvalue weighted by Gasteiger charge is 2.33. The van der Waals surface area contributed by atoms with Gasteiger partial charge in [-0.1, -0.05) is 0 Å². The molecule has 1 fully saturated rings. The lowest BCUT2D eigenvalue weighted by Gasteiger charge is -2.32. The molecular weight excluding hydrogens is 282 g/mol. The first kappa shape index (κ1) is 13.1. The molecule has 1 aromatic carbocycles. The maximum absolute atomic E-state index is 12.5. The van der Waals surface area contributed by atoms with Crippen LogP contribution in [0.25, 0.3) is 0 Å². The van der Waals surface area contributed by atoms with Gasteiger partial charge < -0.3 is 19.5 Å². The van der Waals surface area contributed by atoms with Gasteiger partial charge in [-0.2, -0.15) is 11.8 Å². The summed E-state index contributed by atoms with van der Waals surface area (Å²) in [7, 11) is 0. The van der Waals surface area contributed by atoms with Crippen molar-refractivity contribution in [3.05, 3.63) is 23.8 Å². The van der Waals surface area contributed by atoms with Crippen LogP contribution in [0.2, 0.25) is 0 Å². The average molecular weight is 295 g/mol. The lowest BCUT2D eigenvalue weighted by atomic mass is 10.1. The van der Waals surface area contributed by atoms with Crippen LogP contribution in [0.1, 0.15) is 10.4 Å².